The Hall–Kier alpha value is -1.57. The molecule has 1 atom stereocenters. The highest BCUT2D eigenvalue weighted by atomic mass is 32.2. The first kappa shape index (κ1) is 21.7. The third kappa shape index (κ3) is 7.91. The second-order valence-electron chi connectivity index (χ2n) is 6.97. The Morgan fingerprint density at radius 1 is 1.52 bits per heavy atom. The molecule has 27 heavy (non-hydrogen) atoms. The number of amides is 1. The number of rotatable bonds is 10. The van der Waals surface area contributed by atoms with Crippen molar-refractivity contribution in [3.05, 3.63) is 46.8 Å². The summed E-state index contributed by atoms with van der Waals surface area (Å²) in [5, 5.41) is 3.26. The Balaban J connectivity index is 1.66. The van der Waals surface area contributed by atoms with Crippen LogP contribution in [0, 0.1) is 11.7 Å². The summed E-state index contributed by atoms with van der Waals surface area (Å²) < 4.78 is 19.0. The van der Waals surface area contributed by atoms with Crippen molar-refractivity contribution in [2.24, 2.45) is 5.92 Å². The van der Waals surface area contributed by atoms with Crippen LogP contribution in [-0.4, -0.2) is 62.6 Å². The van der Waals surface area contributed by atoms with Crippen LogP contribution in [0.1, 0.15) is 18.4 Å². The number of hydrogen-bond donors (Lipinski definition) is 1. The van der Waals surface area contributed by atoms with Gasteiger partial charge in [0, 0.05) is 50.5 Å². The number of hydrogen-bond acceptors (Lipinski definition) is 5. The minimum Gasteiger partial charge on any atom is -0.367 e. The Morgan fingerprint density at radius 3 is 3.04 bits per heavy atom. The summed E-state index contributed by atoms with van der Waals surface area (Å²) >= 11 is 1.67. The van der Waals surface area contributed by atoms with E-state index in [2.05, 4.69) is 16.4 Å². The summed E-state index contributed by atoms with van der Waals surface area (Å²) in [5.41, 5.74) is 0.969. The minimum absolute atomic E-state index is 0.200. The van der Waals surface area contributed by atoms with E-state index in [1.54, 1.807) is 28.8 Å². The number of ether oxygens (including phenoxy) is 1. The normalized spacial score (nSPS) is 18.1. The first-order valence-electron chi connectivity index (χ1n) is 9.19. The number of piperidine rings is 1. The van der Waals surface area contributed by atoms with Crippen LogP contribution in [0.3, 0.4) is 0 Å². The van der Waals surface area contributed by atoms with Crippen molar-refractivity contribution in [3.63, 3.8) is 0 Å². The van der Waals surface area contributed by atoms with Crippen molar-refractivity contribution in [3.8, 4) is 0 Å². The number of nitrogens with one attached hydrogen (secondary N) is 1. The Morgan fingerprint density at radius 2 is 2.33 bits per heavy atom. The maximum absolute atomic E-state index is 13.3. The van der Waals surface area contributed by atoms with E-state index in [4.69, 9.17) is 4.74 Å². The molecule has 1 amide bonds. The van der Waals surface area contributed by atoms with Gasteiger partial charge >= 0.3 is 0 Å². The first-order chi connectivity index (χ1) is 13.0. The summed E-state index contributed by atoms with van der Waals surface area (Å²) in [7, 11) is 3.84. The van der Waals surface area contributed by atoms with E-state index < -0.39 is 0 Å². The van der Waals surface area contributed by atoms with Gasteiger partial charge in [0.15, 0.2) is 0 Å². The smallest absolute Gasteiger partial charge is 0.222 e. The lowest BCUT2D eigenvalue weighted by molar-refractivity contribution is -0.133. The summed E-state index contributed by atoms with van der Waals surface area (Å²) in [6, 6.07) is 6.72. The van der Waals surface area contributed by atoms with E-state index >= 15 is 0 Å². The van der Waals surface area contributed by atoms with Crippen LogP contribution in [-0.2, 0) is 16.0 Å². The van der Waals surface area contributed by atoms with Gasteiger partial charge in [0.1, 0.15) is 5.82 Å². The second-order valence-corrected chi connectivity index (χ2v) is 7.90. The minimum atomic E-state index is -0.200. The molecular weight excluding hydrogens is 365 g/mol. The zero-order valence-electron chi connectivity index (χ0n) is 16.4. The van der Waals surface area contributed by atoms with Crippen molar-refractivity contribution in [1.82, 2.24) is 15.1 Å². The molecule has 1 aliphatic rings. The molecule has 1 heterocycles. The monoisotopic (exact) mass is 395 g/mol. The molecule has 0 saturated carbocycles. The molecule has 0 aliphatic carbocycles. The SMILES string of the molecule is CS/C(=C\N(C)CNCOCC1CCC(=O)N(C)C1)Cc1cccc(F)c1. The number of carbonyl (C=O) groups is 1. The summed E-state index contributed by atoms with van der Waals surface area (Å²) in [6.45, 7) is 2.58. The van der Waals surface area contributed by atoms with Gasteiger partial charge in [-0.1, -0.05) is 12.1 Å². The van der Waals surface area contributed by atoms with Crippen molar-refractivity contribution in [1.29, 1.82) is 0 Å². The molecule has 0 radical (unpaired) electrons. The summed E-state index contributed by atoms with van der Waals surface area (Å²) in [5.74, 6) is 0.441. The molecule has 150 valence electrons. The zero-order chi connectivity index (χ0) is 19.6. The molecule has 1 fully saturated rings. The molecule has 0 aromatic heterocycles. The highest BCUT2D eigenvalue weighted by Gasteiger charge is 2.22. The van der Waals surface area contributed by atoms with Gasteiger partial charge in [-0.25, -0.2) is 4.39 Å². The van der Waals surface area contributed by atoms with Gasteiger partial charge < -0.3 is 14.5 Å². The molecule has 1 aromatic carbocycles. The van der Waals surface area contributed by atoms with Gasteiger partial charge in [0.25, 0.3) is 0 Å². The van der Waals surface area contributed by atoms with Crippen molar-refractivity contribution < 1.29 is 13.9 Å². The molecule has 1 saturated heterocycles. The number of benzene rings is 1. The first-order valence-corrected chi connectivity index (χ1v) is 10.4. The van der Waals surface area contributed by atoms with E-state index in [1.165, 1.54) is 11.0 Å². The third-order valence-electron chi connectivity index (χ3n) is 4.54. The molecule has 0 bridgehead atoms. The number of likely N-dealkylation sites (tertiary alicyclic amines) is 1. The second kappa shape index (κ2) is 11.3. The lowest BCUT2D eigenvalue weighted by Gasteiger charge is -2.29. The molecule has 1 unspecified atom stereocenters. The third-order valence-corrected chi connectivity index (χ3v) is 5.31. The predicted octanol–water partition coefficient (Wildman–Crippen LogP) is 2.89. The van der Waals surface area contributed by atoms with E-state index in [1.807, 2.05) is 26.4 Å². The number of halogens is 1. The molecule has 0 spiro atoms. The Bertz CT molecular complexity index is 641. The largest absolute Gasteiger partial charge is 0.367 e. The van der Waals surface area contributed by atoms with E-state index in [0.717, 1.165) is 18.5 Å². The average molecular weight is 396 g/mol. The van der Waals surface area contributed by atoms with E-state index in [0.29, 0.717) is 38.8 Å². The topological polar surface area (TPSA) is 44.8 Å². The summed E-state index contributed by atoms with van der Waals surface area (Å²) in [6.07, 6.45) is 6.34. The standard InChI is InChI=1S/C20H30FN3O2S/c1-23(12-19(27-3)10-16-5-4-6-18(21)9-16)14-22-15-26-13-17-7-8-20(25)24(2)11-17/h4-6,9,12,17,22H,7-8,10-11,13-15H2,1-3H3/b19-12-. The molecule has 2 rings (SSSR count). The Kier molecular flexibility index (Phi) is 9.10. The van der Waals surface area contributed by atoms with Crippen LogP contribution >= 0.6 is 11.8 Å². The van der Waals surface area contributed by atoms with Gasteiger partial charge in [0.2, 0.25) is 5.91 Å². The number of allylic oxidation sites excluding steroid dienone is 1. The highest BCUT2D eigenvalue weighted by molar-refractivity contribution is 8.02. The Labute approximate surface area is 165 Å². The summed E-state index contributed by atoms with van der Waals surface area (Å²) in [4.78, 5) is 16.5. The van der Waals surface area contributed by atoms with Crippen molar-refractivity contribution >= 4 is 17.7 Å². The number of nitrogens with zero attached hydrogens (tertiary/aromatic N) is 2. The quantitative estimate of drug-likeness (QED) is 0.488. The van der Waals surface area contributed by atoms with Crippen LogP contribution < -0.4 is 5.32 Å². The van der Waals surface area contributed by atoms with Crippen LogP contribution in [0.4, 0.5) is 4.39 Å². The molecule has 7 heteroatoms. The molecule has 1 aliphatic heterocycles. The molecule has 1 N–H and O–H groups in total. The fourth-order valence-electron chi connectivity index (χ4n) is 3.06. The van der Waals surface area contributed by atoms with Gasteiger partial charge in [-0.3, -0.25) is 10.1 Å². The highest BCUT2D eigenvalue weighted by Crippen LogP contribution is 2.19. The van der Waals surface area contributed by atoms with Crippen LogP contribution in [0.2, 0.25) is 0 Å². The van der Waals surface area contributed by atoms with Crippen LogP contribution in [0.25, 0.3) is 0 Å². The average Bonchev–Trinajstić information content (AvgIpc) is 2.63. The van der Waals surface area contributed by atoms with Gasteiger partial charge in [-0.15, -0.1) is 11.8 Å². The van der Waals surface area contributed by atoms with Gasteiger partial charge in [-0.05, 0) is 30.4 Å². The molecular formula is C20H30FN3O2S. The maximum Gasteiger partial charge on any atom is 0.222 e. The lowest BCUT2D eigenvalue weighted by atomic mass is 9.99. The number of thioether (sulfide) groups is 1. The molecule has 1 aromatic rings. The number of carbonyl (C=O) groups excluding carboxylic acids is 1. The van der Waals surface area contributed by atoms with Crippen LogP contribution in [0.5, 0.6) is 0 Å². The fourth-order valence-corrected chi connectivity index (χ4v) is 3.66. The van der Waals surface area contributed by atoms with E-state index in [-0.39, 0.29) is 11.7 Å². The van der Waals surface area contributed by atoms with Gasteiger partial charge in [0.05, 0.1) is 20.0 Å². The zero-order valence-corrected chi connectivity index (χ0v) is 17.2. The van der Waals surface area contributed by atoms with Gasteiger partial charge in [-0.2, -0.15) is 0 Å². The van der Waals surface area contributed by atoms with E-state index in [9.17, 15) is 9.18 Å². The predicted molar refractivity (Wildman–Crippen MR) is 109 cm³/mol. The molecule has 5 nitrogen and oxygen atoms in total. The fraction of sp³-hybridized carbons (Fsp3) is 0.550. The lowest BCUT2D eigenvalue weighted by Crippen LogP contribution is -2.39. The van der Waals surface area contributed by atoms with Crippen LogP contribution in [0.15, 0.2) is 35.4 Å². The van der Waals surface area contributed by atoms with Crippen molar-refractivity contribution in [2.75, 3.05) is 46.9 Å². The van der Waals surface area contributed by atoms with Crippen molar-refractivity contribution in [2.45, 2.75) is 19.3 Å². The maximum atomic E-state index is 13.3.